The molecule has 2 rings (SSSR count). The van der Waals surface area contributed by atoms with Gasteiger partial charge in [-0.25, -0.2) is 4.79 Å². The minimum atomic E-state index is -0.213. The normalized spacial score (nSPS) is 19.2. The quantitative estimate of drug-likeness (QED) is 0.859. The summed E-state index contributed by atoms with van der Waals surface area (Å²) in [4.78, 5) is 11.7. The van der Waals surface area contributed by atoms with Gasteiger partial charge in [-0.15, -0.1) is 0 Å². The molecule has 4 heteroatoms. The van der Waals surface area contributed by atoms with Crippen LogP contribution in [0.15, 0.2) is 24.3 Å². The largest absolute Gasteiger partial charge is 0.358 e. The summed E-state index contributed by atoms with van der Waals surface area (Å²) in [7, 11) is 0. The van der Waals surface area contributed by atoms with Crippen LogP contribution in [0.1, 0.15) is 39.2 Å². The topological polar surface area (TPSA) is 50.4 Å². The molecule has 1 heterocycles. The SMILES string of the molecule is CC(C)(C)c1ccc(NC(=O)NC2CCCO2)cc1. The summed E-state index contributed by atoms with van der Waals surface area (Å²) in [6, 6.07) is 7.73. The summed E-state index contributed by atoms with van der Waals surface area (Å²) in [5.41, 5.74) is 2.17. The van der Waals surface area contributed by atoms with Crippen molar-refractivity contribution in [1.29, 1.82) is 0 Å². The molecule has 1 aromatic rings. The summed E-state index contributed by atoms with van der Waals surface area (Å²) >= 11 is 0. The summed E-state index contributed by atoms with van der Waals surface area (Å²) in [5, 5.41) is 5.62. The fourth-order valence-electron chi connectivity index (χ4n) is 2.06. The monoisotopic (exact) mass is 262 g/mol. The first-order chi connectivity index (χ1) is 8.95. The predicted molar refractivity (Wildman–Crippen MR) is 76.3 cm³/mol. The van der Waals surface area contributed by atoms with Crippen LogP contribution >= 0.6 is 0 Å². The summed E-state index contributed by atoms with van der Waals surface area (Å²) in [6.45, 7) is 7.23. The molecular weight excluding hydrogens is 240 g/mol. The Bertz CT molecular complexity index is 428. The number of hydrogen-bond donors (Lipinski definition) is 2. The molecule has 1 atom stereocenters. The highest BCUT2D eigenvalue weighted by molar-refractivity contribution is 5.89. The lowest BCUT2D eigenvalue weighted by atomic mass is 9.87. The number of anilines is 1. The van der Waals surface area contributed by atoms with E-state index < -0.39 is 0 Å². The fourth-order valence-corrected chi connectivity index (χ4v) is 2.06. The molecule has 1 aliphatic heterocycles. The van der Waals surface area contributed by atoms with Crippen molar-refractivity contribution in [2.75, 3.05) is 11.9 Å². The molecule has 1 aliphatic rings. The average Bonchev–Trinajstić information content (AvgIpc) is 2.81. The number of rotatable bonds is 2. The van der Waals surface area contributed by atoms with Gasteiger partial charge < -0.3 is 15.4 Å². The molecule has 104 valence electrons. The lowest BCUT2D eigenvalue weighted by Crippen LogP contribution is -2.37. The Kier molecular flexibility index (Phi) is 4.10. The maximum Gasteiger partial charge on any atom is 0.321 e. The number of nitrogens with one attached hydrogen (secondary N) is 2. The molecular formula is C15H22N2O2. The van der Waals surface area contributed by atoms with E-state index in [1.54, 1.807) is 0 Å². The van der Waals surface area contributed by atoms with E-state index in [2.05, 4.69) is 31.4 Å². The molecule has 0 bridgehead atoms. The summed E-state index contributed by atoms with van der Waals surface area (Å²) < 4.78 is 5.35. The molecule has 1 aromatic carbocycles. The van der Waals surface area contributed by atoms with Gasteiger partial charge in [0.25, 0.3) is 0 Å². The van der Waals surface area contributed by atoms with E-state index in [0.29, 0.717) is 0 Å². The second kappa shape index (κ2) is 5.61. The number of urea groups is 1. The Labute approximate surface area is 114 Å². The summed E-state index contributed by atoms with van der Waals surface area (Å²) in [6.07, 6.45) is 1.75. The van der Waals surface area contributed by atoms with Crippen molar-refractivity contribution >= 4 is 11.7 Å². The van der Waals surface area contributed by atoms with Crippen LogP contribution in [0.5, 0.6) is 0 Å². The van der Waals surface area contributed by atoms with Crippen LogP contribution in [-0.2, 0) is 10.2 Å². The Morgan fingerprint density at radius 3 is 2.47 bits per heavy atom. The maximum absolute atomic E-state index is 11.7. The fraction of sp³-hybridized carbons (Fsp3) is 0.533. The molecule has 0 saturated carbocycles. The molecule has 1 fully saturated rings. The number of amides is 2. The average molecular weight is 262 g/mol. The van der Waals surface area contributed by atoms with E-state index in [4.69, 9.17) is 4.74 Å². The van der Waals surface area contributed by atoms with Gasteiger partial charge in [0.2, 0.25) is 0 Å². The molecule has 0 aromatic heterocycles. The van der Waals surface area contributed by atoms with E-state index in [1.807, 2.05) is 24.3 Å². The van der Waals surface area contributed by atoms with Gasteiger partial charge >= 0.3 is 6.03 Å². The Morgan fingerprint density at radius 1 is 1.26 bits per heavy atom. The van der Waals surface area contributed by atoms with Crippen LogP contribution in [0, 0.1) is 0 Å². The molecule has 2 amide bonds. The highest BCUT2D eigenvalue weighted by atomic mass is 16.5. The van der Waals surface area contributed by atoms with E-state index in [1.165, 1.54) is 5.56 Å². The first kappa shape index (κ1) is 13.9. The van der Waals surface area contributed by atoms with Gasteiger partial charge in [-0.05, 0) is 36.0 Å². The van der Waals surface area contributed by atoms with E-state index >= 15 is 0 Å². The Balaban J connectivity index is 1.90. The second-order valence-corrected chi connectivity index (χ2v) is 5.93. The zero-order valence-corrected chi connectivity index (χ0v) is 11.8. The maximum atomic E-state index is 11.7. The van der Waals surface area contributed by atoms with Crippen LogP contribution in [0.4, 0.5) is 10.5 Å². The minimum absolute atomic E-state index is 0.123. The third kappa shape index (κ3) is 3.96. The van der Waals surface area contributed by atoms with Gasteiger partial charge in [0, 0.05) is 12.3 Å². The molecule has 0 radical (unpaired) electrons. The molecule has 19 heavy (non-hydrogen) atoms. The van der Waals surface area contributed by atoms with Crippen molar-refractivity contribution in [2.24, 2.45) is 0 Å². The molecule has 0 aliphatic carbocycles. The number of carbonyl (C=O) groups excluding carboxylic acids is 1. The van der Waals surface area contributed by atoms with Crippen molar-refractivity contribution in [3.05, 3.63) is 29.8 Å². The molecule has 0 spiro atoms. The molecule has 1 saturated heterocycles. The molecule has 2 N–H and O–H groups in total. The molecule has 1 unspecified atom stereocenters. The number of ether oxygens (including phenoxy) is 1. The van der Waals surface area contributed by atoms with Crippen LogP contribution in [-0.4, -0.2) is 18.9 Å². The highest BCUT2D eigenvalue weighted by Crippen LogP contribution is 2.23. The minimum Gasteiger partial charge on any atom is -0.358 e. The number of benzene rings is 1. The van der Waals surface area contributed by atoms with Gasteiger partial charge in [0.1, 0.15) is 6.23 Å². The smallest absolute Gasteiger partial charge is 0.321 e. The highest BCUT2D eigenvalue weighted by Gasteiger charge is 2.17. The Hall–Kier alpha value is -1.55. The van der Waals surface area contributed by atoms with E-state index in [9.17, 15) is 4.79 Å². The van der Waals surface area contributed by atoms with Gasteiger partial charge in [-0.2, -0.15) is 0 Å². The van der Waals surface area contributed by atoms with Gasteiger partial charge in [-0.3, -0.25) is 0 Å². The van der Waals surface area contributed by atoms with Crippen molar-refractivity contribution in [1.82, 2.24) is 5.32 Å². The third-order valence-corrected chi connectivity index (χ3v) is 3.23. The van der Waals surface area contributed by atoms with Crippen LogP contribution in [0.25, 0.3) is 0 Å². The van der Waals surface area contributed by atoms with Crippen molar-refractivity contribution in [3.8, 4) is 0 Å². The van der Waals surface area contributed by atoms with Crippen LogP contribution in [0.2, 0.25) is 0 Å². The van der Waals surface area contributed by atoms with Crippen molar-refractivity contribution in [2.45, 2.75) is 45.3 Å². The zero-order valence-electron chi connectivity index (χ0n) is 11.8. The third-order valence-electron chi connectivity index (χ3n) is 3.23. The van der Waals surface area contributed by atoms with Gasteiger partial charge in [-0.1, -0.05) is 32.9 Å². The number of carbonyl (C=O) groups is 1. The van der Waals surface area contributed by atoms with Gasteiger partial charge in [0.15, 0.2) is 0 Å². The van der Waals surface area contributed by atoms with Crippen molar-refractivity contribution < 1.29 is 9.53 Å². The zero-order chi connectivity index (χ0) is 13.9. The second-order valence-electron chi connectivity index (χ2n) is 5.93. The predicted octanol–water partition coefficient (Wildman–Crippen LogP) is 3.24. The van der Waals surface area contributed by atoms with E-state index in [-0.39, 0.29) is 17.7 Å². The van der Waals surface area contributed by atoms with Crippen LogP contribution < -0.4 is 10.6 Å². The van der Waals surface area contributed by atoms with Crippen molar-refractivity contribution in [3.63, 3.8) is 0 Å². The standard InChI is InChI=1S/C15H22N2O2/c1-15(2,3)11-6-8-12(9-7-11)16-14(18)17-13-5-4-10-19-13/h6-9,13H,4-5,10H2,1-3H3,(H2,16,17,18). The van der Waals surface area contributed by atoms with Crippen LogP contribution in [0.3, 0.4) is 0 Å². The van der Waals surface area contributed by atoms with E-state index in [0.717, 1.165) is 25.1 Å². The molecule has 4 nitrogen and oxygen atoms in total. The lowest BCUT2D eigenvalue weighted by molar-refractivity contribution is 0.0928. The van der Waals surface area contributed by atoms with Gasteiger partial charge in [0.05, 0.1) is 0 Å². The number of hydrogen-bond acceptors (Lipinski definition) is 2. The Morgan fingerprint density at radius 2 is 1.95 bits per heavy atom. The summed E-state index contributed by atoms with van der Waals surface area (Å²) in [5.74, 6) is 0. The lowest BCUT2D eigenvalue weighted by Gasteiger charge is -2.19. The first-order valence-electron chi connectivity index (χ1n) is 6.75. The first-order valence-corrected chi connectivity index (χ1v) is 6.75.